The Hall–Kier alpha value is -3.42. The van der Waals surface area contributed by atoms with E-state index in [4.69, 9.17) is 0 Å². The maximum atomic E-state index is 12.9. The van der Waals surface area contributed by atoms with E-state index in [0.29, 0.717) is 26.1 Å². The number of likely N-dealkylation sites (tertiary alicyclic amines) is 1. The van der Waals surface area contributed by atoms with Crippen molar-refractivity contribution in [1.29, 1.82) is 0 Å². The summed E-state index contributed by atoms with van der Waals surface area (Å²) in [5.41, 5.74) is 2.24. The highest BCUT2D eigenvalue weighted by Gasteiger charge is 2.37. The third kappa shape index (κ3) is 3.52. The molecule has 2 aromatic heterocycles. The second-order valence-corrected chi connectivity index (χ2v) is 8.63. The summed E-state index contributed by atoms with van der Waals surface area (Å²) in [6.07, 6.45) is 5.06. The van der Waals surface area contributed by atoms with Crippen molar-refractivity contribution >= 4 is 22.5 Å². The Bertz CT molecular complexity index is 1230. The first-order valence-corrected chi connectivity index (χ1v) is 10.7. The molecular weight excluding hydrogens is 396 g/mol. The predicted molar refractivity (Wildman–Crippen MR) is 116 cm³/mol. The summed E-state index contributed by atoms with van der Waals surface area (Å²) in [5, 5.41) is 12.3. The lowest BCUT2D eigenvalue weighted by atomic mass is 9.83. The number of aromatic amines is 1. The zero-order valence-corrected chi connectivity index (χ0v) is 17.1. The van der Waals surface area contributed by atoms with E-state index in [0.717, 1.165) is 30.5 Å². The highest BCUT2D eigenvalue weighted by Crippen LogP contribution is 2.36. The number of para-hydroxylation sites is 1. The summed E-state index contributed by atoms with van der Waals surface area (Å²) in [4.78, 5) is 41.1. The van der Waals surface area contributed by atoms with E-state index in [1.54, 1.807) is 10.6 Å². The van der Waals surface area contributed by atoms with Crippen LogP contribution >= 0.6 is 0 Å². The number of fused-ring (bicyclic) bond motifs is 5. The van der Waals surface area contributed by atoms with Gasteiger partial charge in [0.1, 0.15) is 0 Å². The van der Waals surface area contributed by atoms with Crippen LogP contribution < -0.4 is 5.56 Å². The number of benzene rings is 1. The lowest BCUT2D eigenvalue weighted by molar-refractivity contribution is -0.386. The van der Waals surface area contributed by atoms with Crippen LogP contribution in [0.25, 0.3) is 10.9 Å². The molecule has 2 aliphatic rings. The molecule has 0 aliphatic carbocycles. The maximum Gasteiger partial charge on any atom is 0.334 e. The molecule has 1 amide bonds. The number of carbonyl (C=O) groups is 1. The molecule has 1 saturated heterocycles. The van der Waals surface area contributed by atoms with E-state index in [1.165, 1.54) is 17.0 Å². The zero-order chi connectivity index (χ0) is 21.5. The largest absolute Gasteiger partial charge is 0.361 e. The number of amides is 1. The molecule has 0 spiro atoms. The van der Waals surface area contributed by atoms with Crippen LogP contribution in [0, 0.1) is 16.0 Å². The Morgan fingerprint density at radius 1 is 1.16 bits per heavy atom. The number of nitro groups is 1. The van der Waals surface area contributed by atoms with Crippen LogP contribution in [0.2, 0.25) is 0 Å². The number of pyridine rings is 1. The fraction of sp³-hybridized carbons (Fsp3) is 0.391. The molecule has 0 saturated carbocycles. The van der Waals surface area contributed by atoms with Gasteiger partial charge in [-0.15, -0.1) is 0 Å². The van der Waals surface area contributed by atoms with Crippen molar-refractivity contribution in [2.24, 2.45) is 5.92 Å². The fourth-order valence-electron chi connectivity index (χ4n) is 5.20. The zero-order valence-electron chi connectivity index (χ0n) is 17.1. The van der Waals surface area contributed by atoms with Crippen molar-refractivity contribution in [3.63, 3.8) is 0 Å². The second kappa shape index (κ2) is 7.68. The SMILES string of the molecule is O=C(CCCc1c[nH]c2ccccc12)N1C[C@H]2C[C@@H](C1)c1ccc([N+](=O)[O-])c(=O)n1C2. The van der Waals surface area contributed by atoms with Gasteiger partial charge < -0.3 is 14.5 Å². The molecule has 1 N–H and O–H groups in total. The molecule has 2 aliphatic heterocycles. The molecule has 8 heteroatoms. The van der Waals surface area contributed by atoms with Crippen molar-refractivity contribution in [2.45, 2.75) is 38.1 Å². The van der Waals surface area contributed by atoms with E-state index in [-0.39, 0.29) is 23.4 Å². The minimum Gasteiger partial charge on any atom is -0.361 e. The highest BCUT2D eigenvalue weighted by molar-refractivity contribution is 5.83. The van der Waals surface area contributed by atoms with Gasteiger partial charge in [0, 0.05) is 60.8 Å². The maximum absolute atomic E-state index is 12.9. The first-order chi connectivity index (χ1) is 15.0. The molecule has 0 unspecified atom stereocenters. The van der Waals surface area contributed by atoms with Gasteiger partial charge in [0.15, 0.2) is 0 Å². The third-order valence-corrected chi connectivity index (χ3v) is 6.65. The summed E-state index contributed by atoms with van der Waals surface area (Å²) >= 11 is 0. The van der Waals surface area contributed by atoms with E-state index in [1.807, 2.05) is 29.3 Å². The molecule has 0 radical (unpaired) electrons. The molecule has 2 bridgehead atoms. The number of carbonyl (C=O) groups excluding carboxylic acids is 1. The van der Waals surface area contributed by atoms with Gasteiger partial charge in [-0.1, -0.05) is 18.2 Å². The number of hydrogen-bond donors (Lipinski definition) is 1. The molecule has 3 aromatic rings. The van der Waals surface area contributed by atoms with Gasteiger partial charge >= 0.3 is 11.2 Å². The van der Waals surface area contributed by atoms with Gasteiger partial charge in [0.25, 0.3) is 0 Å². The average molecular weight is 420 g/mol. The van der Waals surface area contributed by atoms with E-state index in [9.17, 15) is 19.7 Å². The van der Waals surface area contributed by atoms with Crippen molar-refractivity contribution in [3.05, 3.63) is 74.3 Å². The Morgan fingerprint density at radius 3 is 2.84 bits per heavy atom. The van der Waals surface area contributed by atoms with Crippen LogP contribution in [0.15, 0.2) is 47.4 Å². The summed E-state index contributed by atoms with van der Waals surface area (Å²) in [6.45, 7) is 1.61. The number of H-pyrrole nitrogens is 1. The molecule has 8 nitrogen and oxygen atoms in total. The van der Waals surface area contributed by atoms with E-state index < -0.39 is 10.5 Å². The third-order valence-electron chi connectivity index (χ3n) is 6.65. The summed E-state index contributed by atoms with van der Waals surface area (Å²) < 4.78 is 1.55. The average Bonchev–Trinajstić information content (AvgIpc) is 3.17. The Balaban J connectivity index is 1.25. The van der Waals surface area contributed by atoms with Crippen molar-refractivity contribution in [3.8, 4) is 0 Å². The minimum atomic E-state index is -0.621. The Kier molecular flexibility index (Phi) is 4.84. The highest BCUT2D eigenvalue weighted by atomic mass is 16.6. The van der Waals surface area contributed by atoms with Crippen LogP contribution in [0.3, 0.4) is 0 Å². The smallest absolute Gasteiger partial charge is 0.334 e. The first kappa shape index (κ1) is 19.5. The number of aromatic nitrogens is 2. The van der Waals surface area contributed by atoms with Crippen LogP contribution in [0.1, 0.15) is 36.4 Å². The normalized spacial score (nSPS) is 19.9. The number of hydrogen-bond acceptors (Lipinski definition) is 4. The summed E-state index contributed by atoms with van der Waals surface area (Å²) in [6, 6.07) is 11.2. The number of aryl methyl sites for hydroxylation is 1. The van der Waals surface area contributed by atoms with Crippen LogP contribution in [0.4, 0.5) is 5.69 Å². The lowest BCUT2D eigenvalue weighted by Gasteiger charge is -2.42. The molecule has 5 rings (SSSR count). The van der Waals surface area contributed by atoms with Gasteiger partial charge in [0.2, 0.25) is 5.91 Å². The van der Waals surface area contributed by atoms with Crippen LogP contribution in [-0.4, -0.2) is 38.4 Å². The van der Waals surface area contributed by atoms with Gasteiger partial charge in [0.05, 0.1) is 4.92 Å². The van der Waals surface area contributed by atoms with E-state index in [2.05, 4.69) is 11.1 Å². The van der Waals surface area contributed by atoms with Crippen molar-refractivity contribution in [2.75, 3.05) is 13.1 Å². The fourth-order valence-corrected chi connectivity index (χ4v) is 5.20. The number of rotatable bonds is 5. The molecule has 31 heavy (non-hydrogen) atoms. The predicted octanol–water partition coefficient (Wildman–Crippen LogP) is 3.21. The quantitative estimate of drug-likeness (QED) is 0.506. The minimum absolute atomic E-state index is 0.0542. The summed E-state index contributed by atoms with van der Waals surface area (Å²) in [5.74, 6) is 0.356. The molecule has 1 fully saturated rings. The van der Waals surface area contributed by atoms with Gasteiger partial charge in [-0.25, -0.2) is 0 Å². The van der Waals surface area contributed by atoms with E-state index >= 15 is 0 Å². The second-order valence-electron chi connectivity index (χ2n) is 8.63. The Labute approximate surface area is 178 Å². The lowest BCUT2D eigenvalue weighted by Crippen LogP contribution is -2.49. The Morgan fingerprint density at radius 2 is 2.00 bits per heavy atom. The molecule has 4 heterocycles. The topological polar surface area (TPSA) is 101 Å². The number of nitrogens with zero attached hydrogens (tertiary/aromatic N) is 3. The molecule has 2 atom stereocenters. The summed E-state index contributed by atoms with van der Waals surface area (Å²) in [7, 11) is 0. The van der Waals surface area contributed by atoms with Crippen LogP contribution in [0.5, 0.6) is 0 Å². The standard InChI is InChI=1S/C23H24N4O4/c28-22(7-3-4-16-11-24-19-6-2-1-5-18(16)19)25-12-15-10-17(14-25)20-8-9-21(27(30)31)23(29)26(20)13-15/h1-2,5-6,8-9,11,15,17,24H,3-4,7,10,12-14H2/t15-,17+/m1/s1. The number of piperidine rings is 1. The molecule has 1 aromatic carbocycles. The van der Waals surface area contributed by atoms with Crippen molar-refractivity contribution < 1.29 is 9.72 Å². The molecular formula is C23H24N4O4. The molecule has 160 valence electrons. The monoisotopic (exact) mass is 420 g/mol. The van der Waals surface area contributed by atoms with Gasteiger partial charge in [-0.05, 0) is 42.9 Å². The van der Waals surface area contributed by atoms with Crippen LogP contribution in [-0.2, 0) is 17.8 Å². The van der Waals surface area contributed by atoms with Gasteiger partial charge in [-0.3, -0.25) is 19.7 Å². The van der Waals surface area contributed by atoms with Gasteiger partial charge in [-0.2, -0.15) is 0 Å². The van der Waals surface area contributed by atoms with Crippen molar-refractivity contribution in [1.82, 2.24) is 14.5 Å². The first-order valence-electron chi connectivity index (χ1n) is 10.7. The number of nitrogens with one attached hydrogen (secondary N) is 1.